The lowest BCUT2D eigenvalue weighted by Gasteiger charge is -2.11. The van der Waals surface area contributed by atoms with Gasteiger partial charge in [-0.15, -0.1) is 0 Å². The smallest absolute Gasteiger partial charge is 0.163 e. The van der Waals surface area contributed by atoms with Crippen molar-refractivity contribution in [2.24, 2.45) is 0 Å². The van der Waals surface area contributed by atoms with Crippen LogP contribution in [0.3, 0.4) is 0 Å². The third-order valence-electron chi connectivity index (χ3n) is 2.61. The van der Waals surface area contributed by atoms with Gasteiger partial charge in [-0.05, 0) is 34.1 Å². The van der Waals surface area contributed by atoms with Crippen LogP contribution in [0.4, 0.5) is 10.2 Å². The first kappa shape index (κ1) is 15.2. The SMILES string of the molecule is CNc1nc(-c2ccc(F)cc2Cl)nc(COC)c1Br. The molecule has 7 heteroatoms. The Hall–Kier alpha value is -1.24. The van der Waals surface area contributed by atoms with E-state index >= 15 is 0 Å². The maximum atomic E-state index is 13.1. The van der Waals surface area contributed by atoms with E-state index in [0.29, 0.717) is 29.5 Å². The van der Waals surface area contributed by atoms with E-state index in [1.54, 1.807) is 20.2 Å². The monoisotopic (exact) mass is 359 g/mol. The van der Waals surface area contributed by atoms with Gasteiger partial charge in [0, 0.05) is 19.7 Å². The number of halogens is 3. The topological polar surface area (TPSA) is 47.0 Å². The third-order valence-corrected chi connectivity index (χ3v) is 3.76. The van der Waals surface area contributed by atoms with Gasteiger partial charge >= 0.3 is 0 Å². The van der Waals surface area contributed by atoms with E-state index in [9.17, 15) is 4.39 Å². The molecule has 0 aliphatic carbocycles. The van der Waals surface area contributed by atoms with Crippen molar-refractivity contribution in [1.82, 2.24) is 9.97 Å². The summed E-state index contributed by atoms with van der Waals surface area (Å²) in [5.41, 5.74) is 1.25. The maximum Gasteiger partial charge on any atom is 0.163 e. The normalized spacial score (nSPS) is 10.7. The summed E-state index contributed by atoms with van der Waals surface area (Å²) >= 11 is 9.46. The number of methoxy groups -OCH3 is 1. The van der Waals surface area contributed by atoms with Crippen molar-refractivity contribution in [2.75, 3.05) is 19.5 Å². The van der Waals surface area contributed by atoms with E-state index in [1.165, 1.54) is 12.1 Å². The van der Waals surface area contributed by atoms with E-state index in [2.05, 4.69) is 31.2 Å². The molecule has 0 amide bonds. The number of nitrogens with one attached hydrogen (secondary N) is 1. The second-order valence-corrected chi connectivity index (χ2v) is 5.16. The minimum atomic E-state index is -0.401. The van der Waals surface area contributed by atoms with E-state index < -0.39 is 5.82 Å². The minimum Gasteiger partial charge on any atom is -0.378 e. The molecule has 2 aromatic rings. The molecule has 0 spiro atoms. The number of benzene rings is 1. The van der Waals surface area contributed by atoms with Gasteiger partial charge in [0.25, 0.3) is 0 Å². The maximum absolute atomic E-state index is 13.1. The first-order valence-electron chi connectivity index (χ1n) is 5.75. The van der Waals surface area contributed by atoms with Gasteiger partial charge in [-0.1, -0.05) is 11.6 Å². The van der Waals surface area contributed by atoms with Crippen molar-refractivity contribution >= 4 is 33.3 Å². The first-order chi connectivity index (χ1) is 9.56. The molecule has 20 heavy (non-hydrogen) atoms. The summed E-state index contributed by atoms with van der Waals surface area (Å²) in [7, 11) is 3.33. The van der Waals surface area contributed by atoms with Crippen LogP contribution in [0.2, 0.25) is 5.02 Å². The zero-order valence-corrected chi connectivity index (χ0v) is 13.2. The molecule has 1 aromatic heterocycles. The van der Waals surface area contributed by atoms with Gasteiger partial charge in [-0.3, -0.25) is 0 Å². The van der Waals surface area contributed by atoms with E-state index in [1.807, 2.05) is 0 Å². The first-order valence-corrected chi connectivity index (χ1v) is 6.92. The highest BCUT2D eigenvalue weighted by Crippen LogP contribution is 2.31. The predicted molar refractivity (Wildman–Crippen MR) is 80.4 cm³/mol. The summed E-state index contributed by atoms with van der Waals surface area (Å²) < 4.78 is 18.9. The molecule has 1 heterocycles. The van der Waals surface area contributed by atoms with Crippen molar-refractivity contribution in [3.8, 4) is 11.4 Å². The second kappa shape index (κ2) is 6.47. The van der Waals surface area contributed by atoms with Crippen LogP contribution in [0.5, 0.6) is 0 Å². The molecule has 0 atom stereocenters. The van der Waals surface area contributed by atoms with Gasteiger partial charge in [-0.2, -0.15) is 0 Å². The highest BCUT2D eigenvalue weighted by molar-refractivity contribution is 9.10. The molecule has 0 aliphatic rings. The van der Waals surface area contributed by atoms with E-state index in [4.69, 9.17) is 16.3 Å². The number of rotatable bonds is 4. The number of hydrogen-bond donors (Lipinski definition) is 1. The predicted octanol–water partition coefficient (Wildman–Crippen LogP) is 3.89. The average Bonchev–Trinajstić information content (AvgIpc) is 2.41. The molecular weight excluding hydrogens is 349 g/mol. The summed E-state index contributed by atoms with van der Waals surface area (Å²) in [5.74, 6) is 0.624. The molecule has 0 unspecified atom stereocenters. The Morgan fingerprint density at radius 3 is 2.75 bits per heavy atom. The molecule has 0 saturated heterocycles. The summed E-state index contributed by atoms with van der Waals surface area (Å²) in [6.45, 7) is 0.323. The molecule has 0 radical (unpaired) electrons. The number of ether oxygens (including phenoxy) is 1. The fourth-order valence-corrected chi connectivity index (χ4v) is 2.42. The number of nitrogens with zero attached hydrogens (tertiary/aromatic N) is 2. The van der Waals surface area contributed by atoms with Crippen LogP contribution < -0.4 is 5.32 Å². The zero-order chi connectivity index (χ0) is 14.7. The highest BCUT2D eigenvalue weighted by atomic mass is 79.9. The molecule has 0 aliphatic heterocycles. The van der Waals surface area contributed by atoms with Gasteiger partial charge < -0.3 is 10.1 Å². The van der Waals surface area contributed by atoms with Crippen molar-refractivity contribution in [3.05, 3.63) is 39.2 Å². The Bertz CT molecular complexity index is 639. The van der Waals surface area contributed by atoms with E-state index in [-0.39, 0.29) is 5.02 Å². The molecule has 1 aromatic carbocycles. The van der Waals surface area contributed by atoms with Crippen LogP contribution in [0.25, 0.3) is 11.4 Å². The lowest BCUT2D eigenvalue weighted by molar-refractivity contribution is 0.181. The van der Waals surface area contributed by atoms with Crippen LogP contribution in [-0.4, -0.2) is 24.1 Å². The van der Waals surface area contributed by atoms with Crippen LogP contribution in [0, 0.1) is 5.82 Å². The third kappa shape index (κ3) is 3.08. The fraction of sp³-hybridized carbons (Fsp3) is 0.231. The van der Waals surface area contributed by atoms with Gasteiger partial charge in [0.15, 0.2) is 5.82 Å². The quantitative estimate of drug-likeness (QED) is 0.898. The van der Waals surface area contributed by atoms with Gasteiger partial charge in [0.2, 0.25) is 0 Å². The lowest BCUT2D eigenvalue weighted by atomic mass is 10.2. The van der Waals surface area contributed by atoms with Gasteiger partial charge in [0.05, 0.1) is 21.8 Å². The highest BCUT2D eigenvalue weighted by Gasteiger charge is 2.14. The Kier molecular flexibility index (Phi) is 4.91. The van der Waals surface area contributed by atoms with Crippen molar-refractivity contribution < 1.29 is 9.13 Å². The molecule has 106 valence electrons. The molecule has 0 bridgehead atoms. The van der Waals surface area contributed by atoms with Crippen LogP contribution in [-0.2, 0) is 11.3 Å². The second-order valence-electron chi connectivity index (χ2n) is 3.96. The summed E-state index contributed by atoms with van der Waals surface area (Å²) in [6, 6.07) is 4.11. The summed E-state index contributed by atoms with van der Waals surface area (Å²) in [5, 5.41) is 3.23. The summed E-state index contributed by atoms with van der Waals surface area (Å²) in [6.07, 6.45) is 0. The zero-order valence-electron chi connectivity index (χ0n) is 10.9. The van der Waals surface area contributed by atoms with Crippen molar-refractivity contribution in [3.63, 3.8) is 0 Å². The number of aromatic nitrogens is 2. The fourth-order valence-electron chi connectivity index (χ4n) is 1.68. The van der Waals surface area contributed by atoms with Crippen LogP contribution in [0.15, 0.2) is 22.7 Å². The molecule has 1 N–H and O–H groups in total. The minimum absolute atomic E-state index is 0.262. The number of hydrogen-bond acceptors (Lipinski definition) is 4. The Morgan fingerprint density at radius 2 is 2.15 bits per heavy atom. The standard InChI is InChI=1S/C13H12BrClFN3O/c1-17-13-11(14)10(6-20-2)18-12(19-13)8-4-3-7(16)5-9(8)15/h3-5H,6H2,1-2H3,(H,17,18,19). The molecule has 4 nitrogen and oxygen atoms in total. The van der Waals surface area contributed by atoms with Gasteiger partial charge in [-0.25, -0.2) is 14.4 Å². The van der Waals surface area contributed by atoms with Crippen molar-refractivity contribution in [1.29, 1.82) is 0 Å². The Morgan fingerprint density at radius 1 is 1.40 bits per heavy atom. The lowest BCUT2D eigenvalue weighted by Crippen LogP contribution is -2.04. The Labute approximate surface area is 129 Å². The Balaban J connectivity index is 2.58. The average molecular weight is 361 g/mol. The van der Waals surface area contributed by atoms with Crippen molar-refractivity contribution in [2.45, 2.75) is 6.61 Å². The molecule has 2 rings (SSSR count). The van der Waals surface area contributed by atoms with Crippen LogP contribution >= 0.6 is 27.5 Å². The van der Waals surface area contributed by atoms with Crippen LogP contribution in [0.1, 0.15) is 5.69 Å². The molecule has 0 saturated carbocycles. The van der Waals surface area contributed by atoms with Gasteiger partial charge in [0.1, 0.15) is 11.6 Å². The number of anilines is 1. The molecule has 0 fully saturated rings. The molecular formula is C13H12BrClFN3O. The summed E-state index contributed by atoms with van der Waals surface area (Å²) in [4.78, 5) is 8.76. The largest absolute Gasteiger partial charge is 0.378 e. The van der Waals surface area contributed by atoms with E-state index in [0.717, 1.165) is 4.47 Å².